The van der Waals surface area contributed by atoms with Crippen molar-refractivity contribution in [2.75, 3.05) is 0 Å². The summed E-state index contributed by atoms with van der Waals surface area (Å²) in [4.78, 5) is 45.3. The minimum atomic E-state index is -1.34. The van der Waals surface area contributed by atoms with Crippen molar-refractivity contribution in [1.82, 2.24) is 0 Å². The third kappa shape index (κ3) is 3.22. The van der Waals surface area contributed by atoms with Crippen LogP contribution in [0.4, 0.5) is 0 Å². The maximum atomic E-state index is 11.6. The first-order valence-electron chi connectivity index (χ1n) is 6.56. The summed E-state index contributed by atoms with van der Waals surface area (Å²) in [6, 6.07) is 7.17. The molecule has 0 unspecified atom stereocenters. The Morgan fingerprint density at radius 1 is 0.708 bits per heavy atom. The van der Waals surface area contributed by atoms with E-state index < -0.39 is 23.8 Å². The quantitative estimate of drug-likeness (QED) is 0.639. The van der Waals surface area contributed by atoms with Crippen LogP contribution in [-0.2, 0) is 0 Å². The number of hydrogen-bond acceptors (Lipinski definition) is 4. The van der Waals surface area contributed by atoms with E-state index in [1.165, 1.54) is 30.3 Å². The largest absolute Gasteiger partial charge is 0.478 e. The fourth-order valence-electron chi connectivity index (χ4n) is 2.18. The lowest BCUT2D eigenvalue weighted by molar-refractivity contribution is 0.0696. The average Bonchev–Trinajstić information content (AvgIpc) is 2.53. The Balaban J connectivity index is 2.80. The van der Waals surface area contributed by atoms with Gasteiger partial charge >= 0.3 is 11.9 Å². The van der Waals surface area contributed by atoms with Gasteiger partial charge in [0.2, 0.25) is 11.8 Å². The van der Waals surface area contributed by atoms with Crippen molar-refractivity contribution in [3.05, 3.63) is 58.7 Å². The molecule has 8 heteroatoms. The predicted octanol–water partition coefficient (Wildman–Crippen LogP) is 0.948. The summed E-state index contributed by atoms with van der Waals surface area (Å²) in [5, 5.41) is 18.3. The highest BCUT2D eigenvalue weighted by atomic mass is 16.4. The molecule has 0 aliphatic rings. The zero-order chi connectivity index (χ0) is 18.0. The van der Waals surface area contributed by atoms with Crippen molar-refractivity contribution < 1.29 is 29.4 Å². The van der Waals surface area contributed by atoms with E-state index >= 15 is 0 Å². The molecule has 0 aliphatic heterocycles. The molecule has 6 N–H and O–H groups in total. The molecule has 0 heterocycles. The first-order chi connectivity index (χ1) is 11.2. The van der Waals surface area contributed by atoms with Gasteiger partial charge in [-0.25, -0.2) is 9.59 Å². The number of benzene rings is 2. The third-order valence-electron chi connectivity index (χ3n) is 3.31. The highest BCUT2D eigenvalue weighted by Crippen LogP contribution is 2.27. The standard InChI is InChI=1S/C16H12N2O6/c17-13(19)7-1-2-11(14(18)20)12(6-7)8-3-9(15(21)22)5-10(4-8)16(23)24/h1-6H,(H2,17,19)(H2,18,20)(H,21,22)(H,23,24). The van der Waals surface area contributed by atoms with Crippen molar-refractivity contribution in [3.63, 3.8) is 0 Å². The number of rotatable bonds is 5. The number of nitrogens with two attached hydrogens (primary N) is 2. The van der Waals surface area contributed by atoms with E-state index in [0.29, 0.717) is 0 Å². The summed E-state index contributed by atoms with van der Waals surface area (Å²) in [6.07, 6.45) is 0. The Morgan fingerprint density at radius 3 is 1.67 bits per heavy atom. The van der Waals surface area contributed by atoms with Crippen molar-refractivity contribution in [1.29, 1.82) is 0 Å². The van der Waals surface area contributed by atoms with Gasteiger partial charge in [-0.2, -0.15) is 0 Å². The molecule has 2 aromatic carbocycles. The molecule has 8 nitrogen and oxygen atoms in total. The van der Waals surface area contributed by atoms with Crippen LogP contribution in [0.2, 0.25) is 0 Å². The SMILES string of the molecule is NC(=O)c1ccc(C(N)=O)c(-c2cc(C(=O)O)cc(C(=O)O)c2)c1. The highest BCUT2D eigenvalue weighted by molar-refractivity contribution is 6.04. The Hall–Kier alpha value is -3.68. The van der Waals surface area contributed by atoms with Gasteiger partial charge in [0.15, 0.2) is 0 Å². The Bertz CT molecular complexity index is 856. The number of carbonyl (C=O) groups excluding carboxylic acids is 2. The Kier molecular flexibility index (Phi) is 4.32. The molecule has 0 fully saturated rings. The molecule has 2 aromatic rings. The lowest BCUT2D eigenvalue weighted by Gasteiger charge is -2.11. The van der Waals surface area contributed by atoms with E-state index in [4.69, 9.17) is 21.7 Å². The third-order valence-corrected chi connectivity index (χ3v) is 3.31. The fourth-order valence-corrected chi connectivity index (χ4v) is 2.18. The molecular weight excluding hydrogens is 316 g/mol. The van der Waals surface area contributed by atoms with Gasteiger partial charge in [-0.05, 0) is 47.5 Å². The second-order valence-corrected chi connectivity index (χ2v) is 4.90. The minimum Gasteiger partial charge on any atom is -0.478 e. The van der Waals surface area contributed by atoms with Crippen molar-refractivity contribution in [2.24, 2.45) is 11.5 Å². The second-order valence-electron chi connectivity index (χ2n) is 4.90. The van der Waals surface area contributed by atoms with Crippen LogP contribution in [-0.4, -0.2) is 34.0 Å². The van der Waals surface area contributed by atoms with Gasteiger partial charge in [-0.1, -0.05) is 0 Å². The van der Waals surface area contributed by atoms with Crippen LogP contribution in [0.5, 0.6) is 0 Å². The molecule has 2 rings (SSSR count). The molecule has 122 valence electrons. The first kappa shape index (κ1) is 16.7. The van der Waals surface area contributed by atoms with E-state index in [1.54, 1.807) is 0 Å². The van der Waals surface area contributed by atoms with Crippen LogP contribution in [0.25, 0.3) is 11.1 Å². The highest BCUT2D eigenvalue weighted by Gasteiger charge is 2.17. The number of primary amides is 2. The van der Waals surface area contributed by atoms with Crippen molar-refractivity contribution in [3.8, 4) is 11.1 Å². The topological polar surface area (TPSA) is 161 Å². The maximum Gasteiger partial charge on any atom is 0.335 e. The number of carboxylic acids is 2. The molecule has 0 saturated heterocycles. The summed E-state index contributed by atoms with van der Waals surface area (Å²) >= 11 is 0. The Labute approximate surface area is 135 Å². The molecule has 0 atom stereocenters. The number of carbonyl (C=O) groups is 4. The van der Waals surface area contributed by atoms with Gasteiger partial charge in [0.1, 0.15) is 0 Å². The van der Waals surface area contributed by atoms with Gasteiger partial charge in [0.25, 0.3) is 0 Å². The summed E-state index contributed by atoms with van der Waals surface area (Å²) in [6.45, 7) is 0. The van der Waals surface area contributed by atoms with Crippen molar-refractivity contribution >= 4 is 23.8 Å². The van der Waals surface area contributed by atoms with E-state index in [9.17, 15) is 19.2 Å². The smallest absolute Gasteiger partial charge is 0.335 e. The van der Waals surface area contributed by atoms with Crippen LogP contribution >= 0.6 is 0 Å². The first-order valence-corrected chi connectivity index (χ1v) is 6.56. The lowest BCUT2D eigenvalue weighted by atomic mass is 9.93. The number of aromatic carboxylic acids is 2. The number of amides is 2. The summed E-state index contributed by atoms with van der Waals surface area (Å²) < 4.78 is 0. The molecule has 0 saturated carbocycles. The molecule has 0 aromatic heterocycles. The molecule has 0 radical (unpaired) electrons. The average molecular weight is 328 g/mol. The molecule has 0 spiro atoms. The molecule has 24 heavy (non-hydrogen) atoms. The van der Waals surface area contributed by atoms with Gasteiger partial charge < -0.3 is 21.7 Å². The second kappa shape index (κ2) is 6.21. The molecule has 0 bridgehead atoms. The Morgan fingerprint density at radius 2 is 1.25 bits per heavy atom. The zero-order valence-corrected chi connectivity index (χ0v) is 12.1. The van der Waals surface area contributed by atoms with Crippen LogP contribution in [0, 0.1) is 0 Å². The van der Waals surface area contributed by atoms with E-state index in [2.05, 4.69) is 0 Å². The summed E-state index contributed by atoms with van der Waals surface area (Å²) in [7, 11) is 0. The number of hydrogen-bond donors (Lipinski definition) is 4. The normalized spacial score (nSPS) is 10.2. The van der Waals surface area contributed by atoms with E-state index in [-0.39, 0.29) is 33.4 Å². The van der Waals surface area contributed by atoms with Crippen LogP contribution in [0.1, 0.15) is 41.4 Å². The van der Waals surface area contributed by atoms with Gasteiger partial charge in [0.05, 0.1) is 11.1 Å². The van der Waals surface area contributed by atoms with Crippen molar-refractivity contribution in [2.45, 2.75) is 0 Å². The fraction of sp³-hybridized carbons (Fsp3) is 0. The number of carboxylic acid groups (broad SMARTS) is 2. The van der Waals surface area contributed by atoms with Crippen LogP contribution < -0.4 is 11.5 Å². The van der Waals surface area contributed by atoms with E-state index in [1.807, 2.05) is 0 Å². The maximum absolute atomic E-state index is 11.6. The lowest BCUT2D eigenvalue weighted by Crippen LogP contribution is -2.15. The predicted molar refractivity (Wildman–Crippen MR) is 82.8 cm³/mol. The van der Waals surface area contributed by atoms with Crippen LogP contribution in [0.15, 0.2) is 36.4 Å². The van der Waals surface area contributed by atoms with Gasteiger partial charge in [0, 0.05) is 11.1 Å². The summed E-state index contributed by atoms with van der Waals surface area (Å²) in [5.74, 6) is -4.27. The molecule has 2 amide bonds. The minimum absolute atomic E-state index is 0.00104. The van der Waals surface area contributed by atoms with Gasteiger partial charge in [-0.3, -0.25) is 9.59 Å². The van der Waals surface area contributed by atoms with Gasteiger partial charge in [-0.15, -0.1) is 0 Å². The summed E-state index contributed by atoms with van der Waals surface area (Å²) in [5.41, 5.74) is 10.2. The molecular formula is C16H12N2O6. The molecule has 0 aliphatic carbocycles. The monoisotopic (exact) mass is 328 g/mol. The van der Waals surface area contributed by atoms with E-state index in [0.717, 1.165) is 6.07 Å². The van der Waals surface area contributed by atoms with Crippen LogP contribution in [0.3, 0.4) is 0 Å². The zero-order valence-electron chi connectivity index (χ0n) is 12.1.